The van der Waals surface area contributed by atoms with E-state index in [9.17, 15) is 9.59 Å². The van der Waals surface area contributed by atoms with E-state index in [0.717, 1.165) is 25.9 Å². The van der Waals surface area contributed by atoms with Gasteiger partial charge in [-0.05, 0) is 18.9 Å². The lowest BCUT2D eigenvalue weighted by Gasteiger charge is -2.29. The summed E-state index contributed by atoms with van der Waals surface area (Å²) in [4.78, 5) is 32.5. The third-order valence-corrected chi connectivity index (χ3v) is 6.42. The zero-order valence-electron chi connectivity index (χ0n) is 16.7. The van der Waals surface area contributed by atoms with Gasteiger partial charge in [0.15, 0.2) is 0 Å². The van der Waals surface area contributed by atoms with Crippen molar-refractivity contribution >= 4 is 11.8 Å². The molecule has 4 heterocycles. The number of aromatic nitrogens is 1. The molecule has 0 aliphatic carbocycles. The number of hydrogen-bond donors (Lipinski definition) is 1. The van der Waals surface area contributed by atoms with Gasteiger partial charge in [-0.1, -0.05) is 0 Å². The molecule has 3 saturated heterocycles. The zero-order chi connectivity index (χ0) is 19.9. The highest BCUT2D eigenvalue weighted by molar-refractivity contribution is 5.94. The average molecular weight is 388 g/mol. The maximum atomic E-state index is 12.6. The monoisotopic (exact) mass is 388 g/mol. The molecule has 0 aromatic carbocycles. The second-order valence-corrected chi connectivity index (χ2v) is 8.28. The summed E-state index contributed by atoms with van der Waals surface area (Å²) in [6.07, 6.45) is 3.83. The summed E-state index contributed by atoms with van der Waals surface area (Å²) in [5, 5.41) is 3.06. The number of likely N-dealkylation sites (tertiary alicyclic amines) is 1. The van der Waals surface area contributed by atoms with Crippen LogP contribution in [-0.4, -0.2) is 85.7 Å². The maximum Gasteiger partial charge on any atom is 0.251 e. The Morgan fingerprint density at radius 2 is 2.29 bits per heavy atom. The predicted molar refractivity (Wildman–Crippen MR) is 102 cm³/mol. The molecule has 3 aliphatic heterocycles. The maximum absolute atomic E-state index is 12.6. The van der Waals surface area contributed by atoms with Gasteiger partial charge in [0.25, 0.3) is 5.91 Å². The third-order valence-electron chi connectivity index (χ3n) is 6.42. The standard InChI is InChI=1S/C20H28N4O4/c1-23(2)18(25)11-24-10-15-14(16-4-6-20(15,12-24)28-16)9-22-19(26)13-5-7-21-17(8-13)27-3/h5,7-8,14-16H,4,6,9-12H2,1-3H3,(H,22,26)/t14-,15+,16+,20+/m0/s1. The Morgan fingerprint density at radius 3 is 3.04 bits per heavy atom. The summed E-state index contributed by atoms with van der Waals surface area (Å²) < 4.78 is 11.5. The molecule has 0 unspecified atom stereocenters. The van der Waals surface area contributed by atoms with E-state index in [1.165, 1.54) is 7.11 Å². The first kappa shape index (κ1) is 19.1. The number of carbonyl (C=O) groups excluding carboxylic acids is 2. The molecule has 1 spiro atoms. The van der Waals surface area contributed by atoms with Gasteiger partial charge in [-0.2, -0.15) is 0 Å². The van der Waals surface area contributed by atoms with Crippen molar-refractivity contribution in [2.75, 3.05) is 47.4 Å². The van der Waals surface area contributed by atoms with Crippen molar-refractivity contribution in [2.45, 2.75) is 24.5 Å². The first-order valence-corrected chi connectivity index (χ1v) is 9.80. The highest BCUT2D eigenvalue weighted by Gasteiger charge is 2.62. The summed E-state index contributed by atoms with van der Waals surface area (Å²) >= 11 is 0. The molecule has 3 aliphatic rings. The molecule has 0 saturated carbocycles. The van der Waals surface area contributed by atoms with E-state index in [4.69, 9.17) is 9.47 Å². The summed E-state index contributed by atoms with van der Waals surface area (Å²) in [5.74, 6) is 1.04. The fourth-order valence-electron chi connectivity index (χ4n) is 4.99. The lowest BCUT2D eigenvalue weighted by Crippen LogP contribution is -2.41. The van der Waals surface area contributed by atoms with Gasteiger partial charge in [0.2, 0.25) is 11.8 Å². The van der Waals surface area contributed by atoms with Crippen molar-refractivity contribution in [3.63, 3.8) is 0 Å². The number of amides is 2. The van der Waals surface area contributed by atoms with Gasteiger partial charge in [-0.15, -0.1) is 0 Å². The van der Waals surface area contributed by atoms with Gasteiger partial charge in [0.1, 0.15) is 0 Å². The van der Waals surface area contributed by atoms with Crippen LogP contribution in [0.25, 0.3) is 0 Å². The van der Waals surface area contributed by atoms with Crippen molar-refractivity contribution in [2.24, 2.45) is 11.8 Å². The molecule has 3 fully saturated rings. The van der Waals surface area contributed by atoms with E-state index in [-0.39, 0.29) is 29.4 Å². The molecule has 28 heavy (non-hydrogen) atoms. The number of nitrogens with one attached hydrogen (secondary N) is 1. The molecule has 8 nitrogen and oxygen atoms in total. The number of carbonyl (C=O) groups is 2. The van der Waals surface area contributed by atoms with Crippen LogP contribution >= 0.6 is 0 Å². The highest BCUT2D eigenvalue weighted by atomic mass is 16.5. The minimum Gasteiger partial charge on any atom is -0.481 e. The lowest BCUT2D eigenvalue weighted by atomic mass is 9.73. The van der Waals surface area contributed by atoms with Crippen LogP contribution in [0.1, 0.15) is 23.2 Å². The van der Waals surface area contributed by atoms with Crippen LogP contribution in [-0.2, 0) is 9.53 Å². The minimum atomic E-state index is -0.146. The van der Waals surface area contributed by atoms with Crippen LogP contribution in [0.4, 0.5) is 0 Å². The number of methoxy groups -OCH3 is 1. The molecule has 4 atom stereocenters. The van der Waals surface area contributed by atoms with Gasteiger partial charge in [0, 0.05) is 63.4 Å². The number of rotatable bonds is 6. The van der Waals surface area contributed by atoms with Gasteiger partial charge in [0.05, 0.1) is 25.4 Å². The van der Waals surface area contributed by atoms with Crippen LogP contribution in [0.5, 0.6) is 5.88 Å². The lowest BCUT2D eigenvalue weighted by molar-refractivity contribution is -0.129. The van der Waals surface area contributed by atoms with Gasteiger partial charge < -0.3 is 19.7 Å². The molecule has 2 amide bonds. The normalized spacial score (nSPS) is 30.9. The molecule has 1 aromatic heterocycles. The van der Waals surface area contributed by atoms with E-state index in [0.29, 0.717) is 30.5 Å². The van der Waals surface area contributed by atoms with Crippen molar-refractivity contribution in [1.29, 1.82) is 0 Å². The zero-order valence-corrected chi connectivity index (χ0v) is 16.7. The van der Waals surface area contributed by atoms with Crippen LogP contribution in [0.15, 0.2) is 18.3 Å². The SMILES string of the molecule is COc1cc(C(=O)NC[C@H]2[C@H]3CN(CC(=O)N(C)C)C[C@]34CC[C@H]2O4)ccn1. The van der Waals surface area contributed by atoms with E-state index in [1.807, 2.05) is 0 Å². The summed E-state index contributed by atoms with van der Waals surface area (Å²) in [5.41, 5.74) is 0.391. The second-order valence-electron chi connectivity index (χ2n) is 8.28. The summed E-state index contributed by atoms with van der Waals surface area (Å²) in [6, 6.07) is 3.32. The molecule has 0 radical (unpaired) electrons. The first-order valence-electron chi connectivity index (χ1n) is 9.80. The third kappa shape index (κ3) is 3.35. The van der Waals surface area contributed by atoms with Gasteiger partial charge in [-0.3, -0.25) is 14.5 Å². The Labute approximate surface area is 165 Å². The van der Waals surface area contributed by atoms with E-state index in [2.05, 4.69) is 15.2 Å². The average Bonchev–Trinajstić information content (AvgIpc) is 3.34. The first-order chi connectivity index (χ1) is 13.4. The van der Waals surface area contributed by atoms with Gasteiger partial charge in [-0.25, -0.2) is 4.98 Å². The van der Waals surface area contributed by atoms with Crippen LogP contribution < -0.4 is 10.1 Å². The van der Waals surface area contributed by atoms with E-state index >= 15 is 0 Å². The Kier molecular flexibility index (Phi) is 5.01. The molecular weight excluding hydrogens is 360 g/mol. The van der Waals surface area contributed by atoms with E-state index < -0.39 is 0 Å². The predicted octanol–water partition coefficient (Wildman–Crippen LogP) is 0.388. The Hall–Kier alpha value is -2.19. The quantitative estimate of drug-likeness (QED) is 0.759. The largest absolute Gasteiger partial charge is 0.481 e. The number of fused-ring (bicyclic) bond motifs is 1. The fraction of sp³-hybridized carbons (Fsp3) is 0.650. The molecule has 8 heteroatoms. The van der Waals surface area contributed by atoms with Crippen molar-refractivity contribution in [1.82, 2.24) is 20.1 Å². The fourth-order valence-corrected chi connectivity index (χ4v) is 4.99. The molecule has 1 N–H and O–H groups in total. The van der Waals surface area contributed by atoms with Crippen LogP contribution in [0.2, 0.25) is 0 Å². The highest BCUT2D eigenvalue weighted by Crippen LogP contribution is 2.54. The molecule has 1 aromatic rings. The summed E-state index contributed by atoms with van der Waals surface area (Å²) in [6.45, 7) is 2.66. The van der Waals surface area contributed by atoms with Gasteiger partial charge >= 0.3 is 0 Å². The number of nitrogens with zero attached hydrogens (tertiary/aromatic N) is 3. The molecule has 152 valence electrons. The molecule has 2 bridgehead atoms. The van der Waals surface area contributed by atoms with Crippen molar-refractivity contribution in [3.8, 4) is 5.88 Å². The molecule has 4 rings (SSSR count). The summed E-state index contributed by atoms with van der Waals surface area (Å²) in [7, 11) is 5.10. The van der Waals surface area contributed by atoms with E-state index in [1.54, 1.807) is 37.3 Å². The van der Waals surface area contributed by atoms with Crippen LogP contribution in [0.3, 0.4) is 0 Å². The Balaban J connectivity index is 1.39. The Bertz CT molecular complexity index is 770. The number of hydrogen-bond acceptors (Lipinski definition) is 6. The smallest absolute Gasteiger partial charge is 0.251 e. The number of likely N-dealkylation sites (N-methyl/N-ethyl adjacent to an activating group) is 1. The second kappa shape index (κ2) is 7.33. The van der Waals surface area contributed by atoms with Crippen molar-refractivity contribution < 1.29 is 19.1 Å². The van der Waals surface area contributed by atoms with Crippen LogP contribution in [0, 0.1) is 11.8 Å². The topological polar surface area (TPSA) is 84.0 Å². The number of ether oxygens (including phenoxy) is 2. The van der Waals surface area contributed by atoms with Crippen molar-refractivity contribution in [3.05, 3.63) is 23.9 Å². The molecular formula is C20H28N4O4. The number of pyridine rings is 1. The minimum absolute atomic E-state index is 0.113. The Morgan fingerprint density at radius 1 is 1.46 bits per heavy atom.